The van der Waals surface area contributed by atoms with Crippen LogP contribution in [0.1, 0.15) is 28.8 Å². The number of amides is 1. The predicted octanol–water partition coefficient (Wildman–Crippen LogP) is 4.05. The van der Waals surface area contributed by atoms with Crippen molar-refractivity contribution in [1.82, 2.24) is 4.90 Å². The first-order valence-electron chi connectivity index (χ1n) is 8.62. The van der Waals surface area contributed by atoms with Crippen molar-refractivity contribution >= 4 is 17.7 Å². The van der Waals surface area contributed by atoms with E-state index < -0.39 is 0 Å². The van der Waals surface area contributed by atoms with E-state index in [1.165, 1.54) is 0 Å². The molecule has 1 fully saturated rings. The van der Waals surface area contributed by atoms with Gasteiger partial charge < -0.3 is 15.0 Å². The molecule has 1 aliphatic rings. The first-order valence-corrected chi connectivity index (χ1v) is 8.62. The van der Waals surface area contributed by atoms with Crippen LogP contribution in [-0.4, -0.2) is 37.0 Å². The normalized spacial score (nSPS) is 17.0. The molecule has 0 aromatic heterocycles. The molecule has 0 radical (unpaired) electrons. The van der Waals surface area contributed by atoms with Gasteiger partial charge in [-0.15, -0.1) is 0 Å². The summed E-state index contributed by atoms with van der Waals surface area (Å²) in [4.78, 5) is 14.7. The molecule has 1 aliphatic heterocycles. The third-order valence-corrected chi connectivity index (χ3v) is 4.56. The number of likely N-dealkylation sites (tertiary alicyclic amines) is 1. The molecule has 1 amide bonds. The van der Waals surface area contributed by atoms with Gasteiger partial charge in [0, 0.05) is 30.4 Å². The number of nitrogens with one attached hydrogen (secondary N) is 1. The van der Waals surface area contributed by atoms with E-state index in [1.54, 1.807) is 13.2 Å². The first-order chi connectivity index (χ1) is 12.2. The molecule has 25 heavy (non-hydrogen) atoms. The molecule has 0 unspecified atom stereocenters. The van der Waals surface area contributed by atoms with Crippen molar-refractivity contribution in [2.45, 2.75) is 18.9 Å². The van der Waals surface area contributed by atoms with Gasteiger partial charge in [-0.25, -0.2) is 0 Å². The van der Waals surface area contributed by atoms with Gasteiger partial charge in [0.15, 0.2) is 0 Å². The van der Waals surface area contributed by atoms with Crippen LogP contribution in [0.25, 0.3) is 6.08 Å². The average molecular weight is 336 g/mol. The maximum absolute atomic E-state index is 12.7. The van der Waals surface area contributed by atoms with Crippen LogP contribution < -0.4 is 10.1 Å². The topological polar surface area (TPSA) is 41.6 Å². The molecular weight excluding hydrogens is 312 g/mol. The Morgan fingerprint density at radius 2 is 1.92 bits per heavy atom. The lowest BCUT2D eigenvalue weighted by molar-refractivity contribution is 0.0715. The Kier molecular flexibility index (Phi) is 5.39. The summed E-state index contributed by atoms with van der Waals surface area (Å²) >= 11 is 0. The van der Waals surface area contributed by atoms with Crippen molar-refractivity contribution in [3.8, 4) is 5.75 Å². The van der Waals surface area contributed by atoms with Crippen molar-refractivity contribution in [3.63, 3.8) is 0 Å². The predicted molar refractivity (Wildman–Crippen MR) is 102 cm³/mol. The van der Waals surface area contributed by atoms with Gasteiger partial charge in [0.1, 0.15) is 5.75 Å². The van der Waals surface area contributed by atoms with Crippen LogP contribution in [0.3, 0.4) is 0 Å². The zero-order valence-corrected chi connectivity index (χ0v) is 14.6. The third kappa shape index (κ3) is 4.21. The highest BCUT2D eigenvalue weighted by Gasteiger charge is 2.24. The van der Waals surface area contributed by atoms with Gasteiger partial charge in [0.2, 0.25) is 0 Å². The van der Waals surface area contributed by atoms with Crippen LogP contribution >= 0.6 is 0 Å². The van der Waals surface area contributed by atoms with Gasteiger partial charge in [-0.2, -0.15) is 0 Å². The van der Waals surface area contributed by atoms with Gasteiger partial charge in [0.05, 0.1) is 7.11 Å². The summed E-state index contributed by atoms with van der Waals surface area (Å²) in [5.41, 5.74) is 2.81. The Morgan fingerprint density at radius 3 is 2.56 bits per heavy atom. The van der Waals surface area contributed by atoms with E-state index in [2.05, 4.69) is 11.9 Å². The molecule has 3 rings (SSSR count). The monoisotopic (exact) mass is 336 g/mol. The molecule has 0 bridgehead atoms. The van der Waals surface area contributed by atoms with Crippen LogP contribution in [-0.2, 0) is 0 Å². The van der Waals surface area contributed by atoms with Gasteiger partial charge in [-0.05, 0) is 54.8 Å². The van der Waals surface area contributed by atoms with Crippen LogP contribution in [0.15, 0.2) is 55.1 Å². The number of benzene rings is 2. The van der Waals surface area contributed by atoms with Crippen molar-refractivity contribution in [1.29, 1.82) is 0 Å². The largest absolute Gasteiger partial charge is 0.497 e. The molecular formula is C21H24N2O2. The molecule has 130 valence electrons. The fourth-order valence-electron chi connectivity index (χ4n) is 3.15. The molecule has 0 spiro atoms. The number of anilines is 1. The Hall–Kier alpha value is -2.75. The van der Waals surface area contributed by atoms with E-state index >= 15 is 0 Å². The van der Waals surface area contributed by atoms with Crippen molar-refractivity contribution in [2.24, 2.45) is 0 Å². The molecule has 1 saturated heterocycles. The Bertz CT molecular complexity index is 723. The maximum atomic E-state index is 12.7. The Labute approximate surface area is 149 Å². The molecule has 1 atom stereocenters. The molecule has 2 aromatic carbocycles. The highest BCUT2D eigenvalue weighted by molar-refractivity contribution is 5.94. The number of rotatable bonds is 5. The fraction of sp³-hybridized carbons (Fsp3) is 0.286. The van der Waals surface area contributed by atoms with Crippen LogP contribution in [0.2, 0.25) is 0 Å². The summed E-state index contributed by atoms with van der Waals surface area (Å²) in [5, 5.41) is 3.52. The molecule has 2 aromatic rings. The number of ether oxygens (including phenoxy) is 1. The van der Waals surface area contributed by atoms with Crippen LogP contribution in [0, 0.1) is 0 Å². The van der Waals surface area contributed by atoms with Crippen LogP contribution in [0.5, 0.6) is 5.75 Å². The summed E-state index contributed by atoms with van der Waals surface area (Å²) in [7, 11) is 1.66. The summed E-state index contributed by atoms with van der Waals surface area (Å²) < 4.78 is 5.19. The smallest absolute Gasteiger partial charge is 0.253 e. The standard InChI is InChI=1S/C21H24N2O2/c1-3-16-6-8-17(9-7-16)21(24)23-14-4-5-19(15-23)22-18-10-12-20(25-2)13-11-18/h3,6-13,19,22H,1,4-5,14-15H2,2H3/t19-/m1/s1. The average Bonchev–Trinajstić information content (AvgIpc) is 2.68. The third-order valence-electron chi connectivity index (χ3n) is 4.56. The lowest BCUT2D eigenvalue weighted by Gasteiger charge is -2.33. The number of nitrogens with zero attached hydrogens (tertiary/aromatic N) is 1. The minimum Gasteiger partial charge on any atom is -0.497 e. The SMILES string of the molecule is C=Cc1ccc(C(=O)N2CCC[C@@H](Nc3ccc(OC)cc3)C2)cc1. The second kappa shape index (κ2) is 7.88. The number of carbonyl (C=O) groups excluding carboxylic acids is 1. The number of piperidine rings is 1. The molecule has 0 saturated carbocycles. The van der Waals surface area contributed by atoms with E-state index in [-0.39, 0.29) is 11.9 Å². The van der Waals surface area contributed by atoms with Gasteiger partial charge >= 0.3 is 0 Å². The van der Waals surface area contributed by atoms with E-state index in [4.69, 9.17) is 4.74 Å². The molecule has 0 aliphatic carbocycles. The van der Waals surface area contributed by atoms with Gasteiger partial charge in [-0.1, -0.05) is 24.8 Å². The zero-order valence-electron chi connectivity index (χ0n) is 14.6. The van der Waals surface area contributed by atoms with E-state index in [0.29, 0.717) is 6.54 Å². The van der Waals surface area contributed by atoms with Crippen molar-refractivity contribution < 1.29 is 9.53 Å². The summed E-state index contributed by atoms with van der Waals surface area (Å²) in [6.45, 7) is 5.27. The minimum atomic E-state index is 0.0943. The van der Waals surface area contributed by atoms with Crippen molar-refractivity contribution in [2.75, 3.05) is 25.5 Å². The molecule has 4 nitrogen and oxygen atoms in total. The second-order valence-corrected chi connectivity index (χ2v) is 6.29. The summed E-state index contributed by atoms with van der Waals surface area (Å²) in [6, 6.07) is 15.8. The van der Waals surface area contributed by atoms with Gasteiger partial charge in [0.25, 0.3) is 5.91 Å². The van der Waals surface area contributed by atoms with Gasteiger partial charge in [-0.3, -0.25) is 4.79 Å². The summed E-state index contributed by atoms with van der Waals surface area (Å²) in [5.74, 6) is 0.936. The quantitative estimate of drug-likeness (QED) is 0.895. The van der Waals surface area contributed by atoms with E-state index in [9.17, 15) is 4.79 Å². The number of hydrogen-bond acceptors (Lipinski definition) is 3. The number of carbonyl (C=O) groups is 1. The minimum absolute atomic E-state index is 0.0943. The first kappa shape index (κ1) is 17.1. The van der Waals surface area contributed by atoms with E-state index in [1.807, 2.05) is 53.4 Å². The number of methoxy groups -OCH3 is 1. The maximum Gasteiger partial charge on any atom is 0.253 e. The second-order valence-electron chi connectivity index (χ2n) is 6.29. The highest BCUT2D eigenvalue weighted by Crippen LogP contribution is 2.20. The van der Waals surface area contributed by atoms with Crippen LogP contribution in [0.4, 0.5) is 5.69 Å². The Balaban J connectivity index is 1.63. The lowest BCUT2D eigenvalue weighted by atomic mass is 10.0. The zero-order chi connectivity index (χ0) is 17.6. The molecule has 4 heteroatoms. The highest BCUT2D eigenvalue weighted by atomic mass is 16.5. The summed E-state index contributed by atoms with van der Waals surface area (Å²) in [6.07, 6.45) is 3.85. The molecule has 1 N–H and O–H groups in total. The fourth-order valence-corrected chi connectivity index (χ4v) is 3.15. The number of hydrogen-bond donors (Lipinski definition) is 1. The molecule has 1 heterocycles. The van der Waals surface area contributed by atoms with E-state index in [0.717, 1.165) is 42.0 Å². The Morgan fingerprint density at radius 1 is 1.20 bits per heavy atom. The van der Waals surface area contributed by atoms with Crippen molar-refractivity contribution in [3.05, 3.63) is 66.2 Å². The lowest BCUT2D eigenvalue weighted by Crippen LogP contribution is -2.45.